The number of ether oxygens (including phenoxy) is 1. The number of rotatable bonds is 6. The molecule has 0 aliphatic heterocycles. The molecule has 0 spiro atoms. The number of aryl methyl sites for hydroxylation is 1. The SMILES string of the molecule is CC(=O)N(c1cccc(C)c1)c1nc(COC(=O)/C=C/c2ccc(F)cc2)cs1. The van der Waals surface area contributed by atoms with Crippen molar-refractivity contribution >= 4 is 40.1 Å². The molecule has 0 unspecified atom stereocenters. The molecule has 5 nitrogen and oxygen atoms in total. The molecule has 148 valence electrons. The summed E-state index contributed by atoms with van der Waals surface area (Å²) in [7, 11) is 0. The maximum Gasteiger partial charge on any atom is 0.331 e. The van der Waals surface area contributed by atoms with E-state index in [4.69, 9.17) is 4.74 Å². The molecule has 1 aromatic heterocycles. The van der Waals surface area contributed by atoms with E-state index in [1.807, 2.05) is 31.2 Å². The highest BCUT2D eigenvalue weighted by Crippen LogP contribution is 2.29. The zero-order valence-electron chi connectivity index (χ0n) is 16.0. The minimum atomic E-state index is -0.536. The number of carbonyl (C=O) groups is 2. The summed E-state index contributed by atoms with van der Waals surface area (Å²) >= 11 is 1.30. The number of nitrogens with zero attached hydrogens (tertiary/aromatic N) is 2. The number of hydrogen-bond donors (Lipinski definition) is 0. The van der Waals surface area contributed by atoms with Crippen LogP contribution in [0, 0.1) is 12.7 Å². The van der Waals surface area contributed by atoms with Gasteiger partial charge in [0.2, 0.25) is 5.91 Å². The van der Waals surface area contributed by atoms with Gasteiger partial charge in [0.1, 0.15) is 12.4 Å². The molecule has 0 saturated heterocycles. The Bertz CT molecular complexity index is 1040. The number of halogens is 1. The van der Waals surface area contributed by atoms with Gasteiger partial charge in [-0.25, -0.2) is 14.2 Å². The maximum absolute atomic E-state index is 12.9. The Balaban J connectivity index is 1.64. The van der Waals surface area contributed by atoms with E-state index in [1.54, 1.807) is 23.6 Å². The molecule has 1 heterocycles. The van der Waals surface area contributed by atoms with Crippen LogP contribution in [-0.2, 0) is 20.9 Å². The van der Waals surface area contributed by atoms with Crippen LogP contribution in [0.2, 0.25) is 0 Å². The molecule has 0 bridgehead atoms. The zero-order valence-corrected chi connectivity index (χ0v) is 16.8. The molecule has 0 aliphatic rings. The predicted octanol–water partition coefficient (Wildman–Crippen LogP) is 5.03. The second-order valence-electron chi connectivity index (χ2n) is 6.31. The Morgan fingerprint density at radius 2 is 1.97 bits per heavy atom. The van der Waals surface area contributed by atoms with E-state index in [0.29, 0.717) is 16.4 Å². The lowest BCUT2D eigenvalue weighted by Gasteiger charge is -2.18. The fourth-order valence-corrected chi connectivity index (χ4v) is 3.46. The fraction of sp³-hybridized carbons (Fsp3) is 0.136. The van der Waals surface area contributed by atoms with Gasteiger partial charge < -0.3 is 4.74 Å². The first-order valence-corrected chi connectivity index (χ1v) is 9.72. The van der Waals surface area contributed by atoms with Crippen LogP contribution in [-0.4, -0.2) is 16.9 Å². The van der Waals surface area contributed by atoms with Crippen LogP contribution in [0.4, 0.5) is 15.2 Å². The van der Waals surface area contributed by atoms with Gasteiger partial charge in [-0.15, -0.1) is 11.3 Å². The first kappa shape index (κ1) is 20.4. The summed E-state index contributed by atoms with van der Waals surface area (Å²) in [4.78, 5) is 30.0. The molecule has 29 heavy (non-hydrogen) atoms. The highest BCUT2D eigenvalue weighted by atomic mass is 32.1. The Kier molecular flexibility index (Phi) is 6.51. The number of aromatic nitrogens is 1. The first-order chi connectivity index (χ1) is 13.9. The second-order valence-corrected chi connectivity index (χ2v) is 7.14. The third-order valence-corrected chi connectivity index (χ3v) is 4.82. The summed E-state index contributed by atoms with van der Waals surface area (Å²) in [5, 5.41) is 2.26. The molecule has 3 aromatic rings. The van der Waals surface area contributed by atoms with Crippen molar-refractivity contribution in [1.82, 2.24) is 4.98 Å². The van der Waals surface area contributed by atoms with Crippen LogP contribution in [0.1, 0.15) is 23.7 Å². The molecule has 7 heteroatoms. The van der Waals surface area contributed by atoms with E-state index < -0.39 is 5.97 Å². The van der Waals surface area contributed by atoms with E-state index >= 15 is 0 Å². The molecule has 0 aliphatic carbocycles. The summed E-state index contributed by atoms with van der Waals surface area (Å²) in [5.74, 6) is -1.03. The molecule has 2 aromatic carbocycles. The van der Waals surface area contributed by atoms with Crippen molar-refractivity contribution in [2.75, 3.05) is 4.90 Å². The van der Waals surface area contributed by atoms with Crippen molar-refractivity contribution in [3.05, 3.63) is 82.6 Å². The van der Waals surface area contributed by atoms with Gasteiger partial charge in [-0.2, -0.15) is 0 Å². The van der Waals surface area contributed by atoms with Crippen LogP contribution in [0.25, 0.3) is 6.08 Å². The standard InChI is InChI=1S/C22H19FN2O3S/c1-15-4-3-5-20(12-15)25(16(2)26)22-24-19(14-29-22)13-28-21(27)11-8-17-6-9-18(23)10-7-17/h3-12,14H,13H2,1-2H3/b11-8+. The van der Waals surface area contributed by atoms with E-state index in [-0.39, 0.29) is 18.3 Å². The number of esters is 1. The van der Waals surface area contributed by atoms with E-state index in [0.717, 1.165) is 11.3 Å². The van der Waals surface area contributed by atoms with Gasteiger partial charge in [-0.1, -0.05) is 24.3 Å². The van der Waals surface area contributed by atoms with E-state index in [2.05, 4.69) is 4.98 Å². The highest BCUT2D eigenvalue weighted by Gasteiger charge is 2.18. The Morgan fingerprint density at radius 3 is 2.66 bits per heavy atom. The third kappa shape index (κ3) is 5.58. The van der Waals surface area contributed by atoms with Crippen LogP contribution < -0.4 is 4.90 Å². The summed E-state index contributed by atoms with van der Waals surface area (Å²) in [6.45, 7) is 3.42. The second kappa shape index (κ2) is 9.25. The van der Waals surface area contributed by atoms with Gasteiger partial charge in [-0.05, 0) is 48.4 Å². The van der Waals surface area contributed by atoms with Gasteiger partial charge in [0.25, 0.3) is 0 Å². The zero-order chi connectivity index (χ0) is 20.8. The minimum Gasteiger partial charge on any atom is -0.456 e. The quantitative estimate of drug-likeness (QED) is 0.422. The lowest BCUT2D eigenvalue weighted by Crippen LogP contribution is -2.22. The monoisotopic (exact) mass is 410 g/mol. The number of carbonyl (C=O) groups excluding carboxylic acids is 2. The van der Waals surface area contributed by atoms with Crippen molar-refractivity contribution in [1.29, 1.82) is 0 Å². The highest BCUT2D eigenvalue weighted by molar-refractivity contribution is 7.14. The largest absolute Gasteiger partial charge is 0.456 e. The van der Waals surface area contributed by atoms with Gasteiger partial charge in [0.15, 0.2) is 5.13 Å². The van der Waals surface area contributed by atoms with Crippen molar-refractivity contribution in [2.45, 2.75) is 20.5 Å². The third-order valence-electron chi connectivity index (χ3n) is 3.95. The number of amides is 1. The van der Waals surface area contributed by atoms with Crippen LogP contribution in [0.5, 0.6) is 0 Å². The molecule has 0 N–H and O–H groups in total. The van der Waals surface area contributed by atoms with Crippen molar-refractivity contribution in [2.24, 2.45) is 0 Å². The summed E-state index contributed by atoms with van der Waals surface area (Å²) in [6, 6.07) is 13.3. The fourth-order valence-electron chi connectivity index (χ4n) is 2.59. The first-order valence-electron chi connectivity index (χ1n) is 8.84. The summed E-state index contributed by atoms with van der Waals surface area (Å²) in [6.07, 6.45) is 2.82. The van der Waals surface area contributed by atoms with Gasteiger partial charge in [-0.3, -0.25) is 9.69 Å². The average Bonchev–Trinajstić information content (AvgIpc) is 3.14. The lowest BCUT2D eigenvalue weighted by molar-refractivity contribution is -0.139. The molecule has 0 fully saturated rings. The number of thiazole rings is 1. The topological polar surface area (TPSA) is 59.5 Å². The van der Waals surface area contributed by atoms with Crippen LogP contribution in [0.15, 0.2) is 60.0 Å². The molecule has 3 rings (SSSR count). The van der Waals surface area contributed by atoms with Gasteiger partial charge in [0.05, 0.1) is 11.4 Å². The number of anilines is 2. The van der Waals surface area contributed by atoms with Crippen molar-refractivity contribution in [3.8, 4) is 0 Å². The normalized spacial score (nSPS) is 10.9. The van der Waals surface area contributed by atoms with E-state index in [9.17, 15) is 14.0 Å². The molecular formula is C22H19FN2O3S. The Labute approximate surface area is 172 Å². The van der Waals surface area contributed by atoms with Gasteiger partial charge >= 0.3 is 5.97 Å². The van der Waals surface area contributed by atoms with Crippen LogP contribution >= 0.6 is 11.3 Å². The maximum atomic E-state index is 12.9. The smallest absolute Gasteiger partial charge is 0.331 e. The lowest BCUT2D eigenvalue weighted by atomic mass is 10.2. The Hall–Kier alpha value is -3.32. The van der Waals surface area contributed by atoms with Crippen molar-refractivity contribution < 1.29 is 18.7 Å². The molecule has 0 radical (unpaired) electrons. The molecule has 0 atom stereocenters. The number of benzene rings is 2. The summed E-state index contributed by atoms with van der Waals surface area (Å²) < 4.78 is 18.1. The molecular weight excluding hydrogens is 391 g/mol. The van der Waals surface area contributed by atoms with Gasteiger partial charge in [0, 0.05) is 18.4 Å². The van der Waals surface area contributed by atoms with E-state index in [1.165, 1.54) is 41.4 Å². The Morgan fingerprint density at radius 1 is 1.21 bits per heavy atom. The number of hydrogen-bond acceptors (Lipinski definition) is 5. The minimum absolute atomic E-state index is 0.0113. The molecule has 0 saturated carbocycles. The van der Waals surface area contributed by atoms with Crippen molar-refractivity contribution in [3.63, 3.8) is 0 Å². The summed E-state index contributed by atoms with van der Waals surface area (Å²) in [5.41, 5.74) is 3.01. The average molecular weight is 410 g/mol. The van der Waals surface area contributed by atoms with Crippen LogP contribution in [0.3, 0.4) is 0 Å². The predicted molar refractivity (Wildman–Crippen MR) is 111 cm³/mol. The molecule has 1 amide bonds.